The lowest BCUT2D eigenvalue weighted by molar-refractivity contribution is 0.102. The smallest absolute Gasteiger partial charge is 0.255 e. The van der Waals surface area contributed by atoms with Crippen molar-refractivity contribution in [2.45, 2.75) is 6.42 Å². The molecule has 0 fully saturated rings. The van der Waals surface area contributed by atoms with E-state index >= 15 is 0 Å². The minimum absolute atomic E-state index is 0.266. The van der Waals surface area contributed by atoms with Gasteiger partial charge in [-0.2, -0.15) is 0 Å². The van der Waals surface area contributed by atoms with Gasteiger partial charge in [0.1, 0.15) is 5.82 Å². The third-order valence-corrected chi connectivity index (χ3v) is 3.57. The lowest BCUT2D eigenvalue weighted by Crippen LogP contribution is -2.12. The maximum absolute atomic E-state index is 13.1. The molecular weight excluding hydrogens is 345 g/mol. The van der Waals surface area contributed by atoms with Gasteiger partial charge in [-0.05, 0) is 58.2 Å². The second-order valence-electron chi connectivity index (χ2n) is 4.22. The number of nitrogens with one attached hydrogen (secondary N) is 1. The van der Waals surface area contributed by atoms with E-state index < -0.39 is 5.82 Å². The van der Waals surface area contributed by atoms with E-state index in [2.05, 4.69) is 21.2 Å². The van der Waals surface area contributed by atoms with E-state index in [1.165, 1.54) is 18.2 Å². The Balaban J connectivity index is 2.08. The summed E-state index contributed by atoms with van der Waals surface area (Å²) in [5.41, 5.74) is 2.19. The summed E-state index contributed by atoms with van der Waals surface area (Å²) in [6.07, 6.45) is 0.792. The molecule has 0 atom stereocenters. The Bertz CT molecular complexity index is 616. The summed E-state index contributed by atoms with van der Waals surface area (Å²) in [6.45, 7) is 0. The van der Waals surface area contributed by atoms with Gasteiger partial charge in [-0.15, -0.1) is 11.6 Å². The molecule has 104 valence electrons. The fourth-order valence-corrected chi connectivity index (χ4v) is 2.30. The zero-order valence-corrected chi connectivity index (χ0v) is 12.8. The van der Waals surface area contributed by atoms with Crippen molar-refractivity contribution in [2.75, 3.05) is 11.2 Å². The zero-order valence-electron chi connectivity index (χ0n) is 10.5. The fraction of sp³-hybridized carbons (Fsp3) is 0.133. The Hall–Kier alpha value is -1.39. The van der Waals surface area contributed by atoms with Gasteiger partial charge in [-0.3, -0.25) is 4.79 Å². The monoisotopic (exact) mass is 355 g/mol. The summed E-state index contributed by atoms with van der Waals surface area (Å²) in [4.78, 5) is 12.0. The van der Waals surface area contributed by atoms with Gasteiger partial charge in [0.15, 0.2) is 0 Å². The zero-order chi connectivity index (χ0) is 14.5. The molecule has 0 spiro atoms. The predicted octanol–water partition coefficient (Wildman–Crippen LogP) is 4.62. The van der Waals surface area contributed by atoms with Crippen molar-refractivity contribution in [1.29, 1.82) is 0 Å². The maximum atomic E-state index is 13.1. The molecule has 0 aliphatic carbocycles. The lowest BCUT2D eigenvalue weighted by Gasteiger charge is -2.07. The summed E-state index contributed by atoms with van der Waals surface area (Å²) < 4.78 is 13.4. The van der Waals surface area contributed by atoms with E-state index in [1.807, 2.05) is 24.3 Å². The Morgan fingerprint density at radius 3 is 2.50 bits per heavy atom. The van der Waals surface area contributed by atoms with Crippen molar-refractivity contribution < 1.29 is 9.18 Å². The van der Waals surface area contributed by atoms with Crippen molar-refractivity contribution in [3.63, 3.8) is 0 Å². The summed E-state index contributed by atoms with van der Waals surface area (Å²) in [7, 11) is 0. The van der Waals surface area contributed by atoms with Gasteiger partial charge < -0.3 is 5.32 Å². The number of alkyl halides is 1. The van der Waals surface area contributed by atoms with E-state index in [0.717, 1.165) is 12.0 Å². The average molecular weight is 357 g/mol. The largest absolute Gasteiger partial charge is 0.322 e. The van der Waals surface area contributed by atoms with Crippen LogP contribution in [0.5, 0.6) is 0 Å². The highest BCUT2D eigenvalue weighted by Gasteiger charge is 2.08. The third-order valence-electron chi connectivity index (χ3n) is 2.78. The van der Waals surface area contributed by atoms with Crippen LogP contribution in [-0.2, 0) is 6.42 Å². The first kappa shape index (κ1) is 15.0. The molecular formula is C15H12BrClFNO. The first-order chi connectivity index (χ1) is 9.60. The molecule has 0 unspecified atom stereocenters. The van der Waals surface area contributed by atoms with Gasteiger partial charge in [0, 0.05) is 17.1 Å². The van der Waals surface area contributed by atoms with Gasteiger partial charge in [0.25, 0.3) is 5.91 Å². The molecule has 2 rings (SSSR count). The molecule has 2 aromatic rings. The summed E-state index contributed by atoms with van der Waals surface area (Å²) in [6, 6.07) is 11.6. The molecule has 2 aromatic carbocycles. The highest BCUT2D eigenvalue weighted by atomic mass is 79.9. The highest BCUT2D eigenvalue weighted by molar-refractivity contribution is 9.10. The van der Waals surface area contributed by atoms with Crippen LogP contribution in [0.2, 0.25) is 0 Å². The number of benzene rings is 2. The molecule has 1 N–H and O–H groups in total. The summed E-state index contributed by atoms with van der Waals surface area (Å²) in [5, 5.41) is 2.76. The molecule has 2 nitrogen and oxygen atoms in total. The Kier molecular flexibility index (Phi) is 5.15. The van der Waals surface area contributed by atoms with E-state index in [1.54, 1.807) is 0 Å². The van der Waals surface area contributed by atoms with Crippen LogP contribution in [0.1, 0.15) is 15.9 Å². The molecule has 5 heteroatoms. The molecule has 0 aliphatic heterocycles. The van der Waals surface area contributed by atoms with Crippen molar-refractivity contribution in [2.24, 2.45) is 0 Å². The third kappa shape index (κ3) is 3.81. The van der Waals surface area contributed by atoms with Crippen molar-refractivity contribution in [1.82, 2.24) is 0 Å². The van der Waals surface area contributed by atoms with Gasteiger partial charge in [0.2, 0.25) is 0 Å². The van der Waals surface area contributed by atoms with Crippen LogP contribution >= 0.6 is 27.5 Å². The first-order valence-electron chi connectivity index (χ1n) is 6.01. The second-order valence-corrected chi connectivity index (χ2v) is 5.45. The first-order valence-corrected chi connectivity index (χ1v) is 7.34. The normalized spacial score (nSPS) is 10.3. The van der Waals surface area contributed by atoms with Gasteiger partial charge in [0.05, 0.1) is 4.47 Å². The Labute approximate surface area is 130 Å². The number of hydrogen-bond donors (Lipinski definition) is 1. The minimum atomic E-state index is -0.396. The number of carbonyl (C=O) groups excluding carboxylic acids is 1. The topological polar surface area (TPSA) is 29.1 Å². The highest BCUT2D eigenvalue weighted by Crippen LogP contribution is 2.18. The van der Waals surface area contributed by atoms with Crippen LogP contribution in [-0.4, -0.2) is 11.8 Å². The Morgan fingerprint density at radius 2 is 1.90 bits per heavy atom. The summed E-state index contributed by atoms with van der Waals surface area (Å²) >= 11 is 8.72. The number of aryl methyl sites for hydroxylation is 1. The van der Waals surface area contributed by atoms with Crippen LogP contribution in [0.25, 0.3) is 0 Å². The van der Waals surface area contributed by atoms with Crippen LogP contribution in [0.15, 0.2) is 46.9 Å². The van der Waals surface area contributed by atoms with E-state index in [4.69, 9.17) is 11.6 Å². The molecule has 0 bridgehead atoms. The molecule has 0 radical (unpaired) electrons. The number of amides is 1. The van der Waals surface area contributed by atoms with Crippen molar-refractivity contribution >= 4 is 39.1 Å². The molecule has 0 heterocycles. The summed E-state index contributed by atoms with van der Waals surface area (Å²) in [5.74, 6) is -0.113. The maximum Gasteiger partial charge on any atom is 0.255 e. The molecule has 1 amide bonds. The van der Waals surface area contributed by atoms with E-state index in [9.17, 15) is 9.18 Å². The number of halogens is 3. The van der Waals surface area contributed by atoms with Crippen molar-refractivity contribution in [3.05, 3.63) is 63.9 Å². The lowest BCUT2D eigenvalue weighted by atomic mass is 10.1. The van der Waals surface area contributed by atoms with Crippen LogP contribution in [0.4, 0.5) is 10.1 Å². The minimum Gasteiger partial charge on any atom is -0.322 e. The molecule has 0 aliphatic rings. The molecule has 0 aromatic heterocycles. The standard InChI is InChI=1S/C15H12BrClFNO/c16-13-9-11(3-6-14(13)18)15(20)19-12-4-1-10(2-5-12)7-8-17/h1-6,9H,7-8H2,(H,19,20). The van der Waals surface area contributed by atoms with Crippen LogP contribution in [0, 0.1) is 5.82 Å². The molecule has 20 heavy (non-hydrogen) atoms. The second kappa shape index (κ2) is 6.86. The fourth-order valence-electron chi connectivity index (χ4n) is 1.70. The molecule has 0 saturated carbocycles. The number of anilines is 1. The SMILES string of the molecule is O=C(Nc1ccc(CCCl)cc1)c1ccc(F)c(Br)c1. The van der Waals surface area contributed by atoms with Crippen LogP contribution in [0.3, 0.4) is 0 Å². The van der Waals surface area contributed by atoms with Gasteiger partial charge >= 0.3 is 0 Å². The number of hydrogen-bond acceptors (Lipinski definition) is 1. The number of rotatable bonds is 4. The van der Waals surface area contributed by atoms with E-state index in [-0.39, 0.29) is 10.4 Å². The predicted molar refractivity (Wildman–Crippen MR) is 82.9 cm³/mol. The van der Waals surface area contributed by atoms with E-state index in [0.29, 0.717) is 17.1 Å². The van der Waals surface area contributed by atoms with Gasteiger partial charge in [-0.25, -0.2) is 4.39 Å². The Morgan fingerprint density at radius 1 is 1.20 bits per heavy atom. The quantitative estimate of drug-likeness (QED) is 0.796. The van der Waals surface area contributed by atoms with Crippen molar-refractivity contribution in [3.8, 4) is 0 Å². The molecule has 0 saturated heterocycles. The van der Waals surface area contributed by atoms with Gasteiger partial charge in [-0.1, -0.05) is 12.1 Å². The number of carbonyl (C=O) groups is 1. The average Bonchev–Trinajstić information content (AvgIpc) is 2.44. The van der Waals surface area contributed by atoms with Crippen LogP contribution < -0.4 is 5.32 Å².